The van der Waals surface area contributed by atoms with Crippen molar-refractivity contribution in [1.82, 2.24) is 15.1 Å². The van der Waals surface area contributed by atoms with Crippen molar-refractivity contribution in [1.29, 1.82) is 0 Å². The second kappa shape index (κ2) is 6.69. The normalized spacial score (nSPS) is 25.1. The lowest BCUT2D eigenvalue weighted by Crippen LogP contribution is -2.50. The summed E-state index contributed by atoms with van der Waals surface area (Å²) in [5.41, 5.74) is 0. The van der Waals surface area contributed by atoms with E-state index in [1.54, 1.807) is 0 Å². The number of nitrogens with zero attached hydrogens (tertiary/aromatic N) is 2. The largest absolute Gasteiger partial charge is 0.390 e. The first-order valence-electron chi connectivity index (χ1n) is 7.11. The van der Waals surface area contributed by atoms with Gasteiger partial charge in [0.25, 0.3) is 0 Å². The van der Waals surface area contributed by atoms with Gasteiger partial charge >= 0.3 is 0 Å². The fourth-order valence-corrected chi connectivity index (χ4v) is 2.49. The topological polar surface area (TPSA) is 38.7 Å². The van der Waals surface area contributed by atoms with Gasteiger partial charge in [-0.1, -0.05) is 6.92 Å². The summed E-state index contributed by atoms with van der Waals surface area (Å²) >= 11 is 0. The lowest BCUT2D eigenvalue weighted by molar-refractivity contribution is 0.0713. The quantitative estimate of drug-likeness (QED) is 0.657. The summed E-state index contributed by atoms with van der Waals surface area (Å²) in [7, 11) is 0. The van der Waals surface area contributed by atoms with Gasteiger partial charge in [-0.3, -0.25) is 4.90 Å². The molecule has 2 fully saturated rings. The van der Waals surface area contributed by atoms with Gasteiger partial charge in [-0.25, -0.2) is 0 Å². The summed E-state index contributed by atoms with van der Waals surface area (Å²) in [5, 5.41) is 13.0. The second-order valence-electron chi connectivity index (χ2n) is 5.51. The highest BCUT2D eigenvalue weighted by atomic mass is 16.3. The summed E-state index contributed by atoms with van der Waals surface area (Å²) in [6.07, 6.45) is 2.67. The molecular weight excluding hydrogens is 214 g/mol. The van der Waals surface area contributed by atoms with E-state index >= 15 is 0 Å². The highest BCUT2D eigenvalue weighted by molar-refractivity contribution is 4.81. The van der Waals surface area contributed by atoms with E-state index in [1.807, 2.05) is 0 Å². The third kappa shape index (κ3) is 4.92. The zero-order valence-electron chi connectivity index (χ0n) is 11.1. The molecule has 1 aliphatic heterocycles. The Morgan fingerprint density at radius 1 is 1.18 bits per heavy atom. The van der Waals surface area contributed by atoms with Crippen molar-refractivity contribution in [2.75, 3.05) is 52.4 Å². The first kappa shape index (κ1) is 13.3. The standard InChI is InChI=1S/C13H27N3O/c1-2-14-9-13(17)11-16-7-5-15(6-8-16)10-12-3-4-12/h12-14,17H,2-11H2,1H3. The van der Waals surface area contributed by atoms with Crippen molar-refractivity contribution in [2.45, 2.75) is 25.9 Å². The van der Waals surface area contributed by atoms with Crippen molar-refractivity contribution in [3.8, 4) is 0 Å². The summed E-state index contributed by atoms with van der Waals surface area (Å²) in [4.78, 5) is 4.98. The van der Waals surface area contributed by atoms with E-state index < -0.39 is 0 Å². The monoisotopic (exact) mass is 241 g/mol. The van der Waals surface area contributed by atoms with Crippen LogP contribution in [0, 0.1) is 5.92 Å². The maximum atomic E-state index is 9.84. The Balaban J connectivity index is 1.57. The van der Waals surface area contributed by atoms with Crippen LogP contribution in [0.3, 0.4) is 0 Å². The summed E-state index contributed by atoms with van der Waals surface area (Å²) in [6.45, 7) is 10.5. The van der Waals surface area contributed by atoms with E-state index in [0.717, 1.165) is 38.6 Å². The Hall–Kier alpha value is -0.160. The Kier molecular flexibility index (Phi) is 5.22. The summed E-state index contributed by atoms with van der Waals surface area (Å²) in [5.74, 6) is 1.00. The molecule has 1 saturated carbocycles. The maximum absolute atomic E-state index is 9.84. The molecule has 1 atom stereocenters. The SMILES string of the molecule is CCNCC(O)CN1CCN(CC2CC2)CC1. The Morgan fingerprint density at radius 2 is 1.82 bits per heavy atom. The van der Waals surface area contributed by atoms with Crippen LogP contribution in [0.15, 0.2) is 0 Å². The number of aliphatic hydroxyl groups is 1. The number of piperazine rings is 1. The van der Waals surface area contributed by atoms with Crippen LogP contribution < -0.4 is 5.32 Å². The molecular formula is C13H27N3O. The Labute approximate surface area is 105 Å². The predicted molar refractivity (Wildman–Crippen MR) is 70.2 cm³/mol. The molecule has 1 heterocycles. The third-order valence-corrected chi connectivity index (χ3v) is 3.78. The first-order valence-corrected chi connectivity index (χ1v) is 7.11. The van der Waals surface area contributed by atoms with Crippen molar-refractivity contribution >= 4 is 0 Å². The van der Waals surface area contributed by atoms with Crippen molar-refractivity contribution in [3.05, 3.63) is 0 Å². The number of nitrogens with one attached hydrogen (secondary N) is 1. The van der Waals surface area contributed by atoms with Gasteiger partial charge in [0.2, 0.25) is 0 Å². The van der Waals surface area contributed by atoms with Crippen molar-refractivity contribution in [3.63, 3.8) is 0 Å². The van der Waals surface area contributed by atoms with Gasteiger partial charge in [-0.15, -0.1) is 0 Å². The zero-order valence-corrected chi connectivity index (χ0v) is 11.1. The van der Waals surface area contributed by atoms with Crippen LogP contribution >= 0.6 is 0 Å². The van der Waals surface area contributed by atoms with Crippen LogP contribution in [-0.2, 0) is 0 Å². The molecule has 4 nitrogen and oxygen atoms in total. The predicted octanol–water partition coefficient (Wildman–Crippen LogP) is -0.0156. The molecule has 0 radical (unpaired) electrons. The van der Waals surface area contributed by atoms with Crippen LogP contribution in [0.2, 0.25) is 0 Å². The zero-order chi connectivity index (χ0) is 12.1. The number of likely N-dealkylation sites (N-methyl/N-ethyl adjacent to an activating group) is 1. The average Bonchev–Trinajstić information content (AvgIpc) is 3.13. The minimum absolute atomic E-state index is 0.218. The van der Waals surface area contributed by atoms with E-state index in [-0.39, 0.29) is 6.10 Å². The number of β-amino-alcohol motifs (C(OH)–C–C–N with tert-alkyl or cyclic N) is 1. The number of aliphatic hydroxyl groups excluding tert-OH is 1. The average molecular weight is 241 g/mol. The van der Waals surface area contributed by atoms with Gasteiger partial charge in [-0.05, 0) is 25.3 Å². The number of hydrogen-bond acceptors (Lipinski definition) is 4. The highest BCUT2D eigenvalue weighted by Gasteiger charge is 2.26. The Bertz CT molecular complexity index is 213. The smallest absolute Gasteiger partial charge is 0.0791 e. The van der Waals surface area contributed by atoms with Gasteiger partial charge in [0, 0.05) is 45.8 Å². The molecule has 0 spiro atoms. The van der Waals surface area contributed by atoms with E-state index in [2.05, 4.69) is 22.0 Å². The molecule has 100 valence electrons. The second-order valence-corrected chi connectivity index (χ2v) is 5.51. The first-order chi connectivity index (χ1) is 8.28. The van der Waals surface area contributed by atoms with Crippen LogP contribution in [0.25, 0.3) is 0 Å². The number of hydrogen-bond donors (Lipinski definition) is 2. The minimum atomic E-state index is -0.218. The molecule has 0 aromatic rings. The molecule has 1 unspecified atom stereocenters. The molecule has 2 N–H and O–H groups in total. The highest BCUT2D eigenvalue weighted by Crippen LogP contribution is 2.29. The van der Waals surface area contributed by atoms with E-state index in [1.165, 1.54) is 32.5 Å². The van der Waals surface area contributed by atoms with Crippen LogP contribution in [0.4, 0.5) is 0 Å². The number of rotatable bonds is 7. The lowest BCUT2D eigenvalue weighted by Gasteiger charge is -2.35. The molecule has 2 aliphatic rings. The van der Waals surface area contributed by atoms with Crippen LogP contribution in [0.5, 0.6) is 0 Å². The minimum Gasteiger partial charge on any atom is -0.390 e. The molecule has 1 aliphatic carbocycles. The molecule has 17 heavy (non-hydrogen) atoms. The van der Waals surface area contributed by atoms with Gasteiger partial charge in [0.15, 0.2) is 0 Å². The van der Waals surface area contributed by atoms with E-state index in [9.17, 15) is 5.11 Å². The molecule has 2 rings (SSSR count). The molecule has 0 aromatic heterocycles. The van der Waals surface area contributed by atoms with Crippen molar-refractivity contribution < 1.29 is 5.11 Å². The molecule has 0 aromatic carbocycles. The van der Waals surface area contributed by atoms with E-state index in [0.29, 0.717) is 0 Å². The Morgan fingerprint density at radius 3 is 2.41 bits per heavy atom. The maximum Gasteiger partial charge on any atom is 0.0791 e. The van der Waals surface area contributed by atoms with Gasteiger partial charge in [-0.2, -0.15) is 0 Å². The van der Waals surface area contributed by atoms with E-state index in [4.69, 9.17) is 0 Å². The van der Waals surface area contributed by atoms with Gasteiger partial charge in [0.1, 0.15) is 0 Å². The van der Waals surface area contributed by atoms with Crippen LogP contribution in [0.1, 0.15) is 19.8 Å². The van der Waals surface area contributed by atoms with Crippen LogP contribution in [-0.4, -0.2) is 73.4 Å². The summed E-state index contributed by atoms with van der Waals surface area (Å²) in [6, 6.07) is 0. The van der Waals surface area contributed by atoms with Crippen molar-refractivity contribution in [2.24, 2.45) is 5.92 Å². The summed E-state index contributed by atoms with van der Waals surface area (Å²) < 4.78 is 0. The molecule has 0 bridgehead atoms. The lowest BCUT2D eigenvalue weighted by atomic mass is 10.2. The molecule has 1 saturated heterocycles. The fourth-order valence-electron chi connectivity index (χ4n) is 2.49. The molecule has 4 heteroatoms. The van der Waals surface area contributed by atoms with Gasteiger partial charge < -0.3 is 15.3 Å². The third-order valence-electron chi connectivity index (χ3n) is 3.78. The molecule has 0 amide bonds. The van der Waals surface area contributed by atoms with Gasteiger partial charge in [0.05, 0.1) is 6.10 Å². The fraction of sp³-hybridized carbons (Fsp3) is 1.00.